The van der Waals surface area contributed by atoms with Gasteiger partial charge in [0, 0.05) is 29.8 Å². The minimum absolute atomic E-state index is 0.0159. The Bertz CT molecular complexity index is 1110. The van der Waals surface area contributed by atoms with Gasteiger partial charge in [-0.2, -0.15) is 0 Å². The van der Waals surface area contributed by atoms with E-state index in [0.717, 1.165) is 23.1 Å². The van der Waals surface area contributed by atoms with Gasteiger partial charge in [0.05, 0.1) is 5.75 Å². The van der Waals surface area contributed by atoms with Gasteiger partial charge in [-0.1, -0.05) is 73.1 Å². The molecule has 3 rings (SSSR count). The molecule has 0 spiro atoms. The van der Waals surface area contributed by atoms with Crippen molar-refractivity contribution in [2.24, 2.45) is 0 Å². The van der Waals surface area contributed by atoms with E-state index < -0.39 is 6.04 Å². The van der Waals surface area contributed by atoms with Gasteiger partial charge in [0.1, 0.15) is 11.9 Å². The molecule has 2 atom stereocenters. The highest BCUT2D eigenvalue weighted by Crippen LogP contribution is 2.20. The zero-order valence-corrected chi connectivity index (χ0v) is 22.2. The highest BCUT2D eigenvalue weighted by Gasteiger charge is 2.30. The van der Waals surface area contributed by atoms with Gasteiger partial charge in [0.2, 0.25) is 11.8 Å². The number of nitrogens with zero attached hydrogens (tertiary/aromatic N) is 1. The van der Waals surface area contributed by atoms with Crippen molar-refractivity contribution in [2.75, 3.05) is 5.75 Å². The molecule has 0 saturated heterocycles. The third kappa shape index (κ3) is 8.68. The zero-order chi connectivity index (χ0) is 25.9. The second kappa shape index (κ2) is 14.0. The molecule has 0 fully saturated rings. The quantitative estimate of drug-likeness (QED) is 0.303. The van der Waals surface area contributed by atoms with Gasteiger partial charge in [-0.3, -0.25) is 9.59 Å². The Morgan fingerprint density at radius 2 is 1.58 bits per heavy atom. The van der Waals surface area contributed by atoms with Crippen LogP contribution in [-0.2, 0) is 28.3 Å². The second-order valence-corrected chi connectivity index (χ2v) is 10.2. The van der Waals surface area contributed by atoms with E-state index in [0.29, 0.717) is 17.2 Å². The summed E-state index contributed by atoms with van der Waals surface area (Å²) in [4.78, 5) is 28.7. The minimum Gasteiger partial charge on any atom is -0.352 e. The van der Waals surface area contributed by atoms with E-state index in [1.165, 1.54) is 23.9 Å². The number of benzene rings is 3. The number of amides is 2. The average molecular weight is 527 g/mol. The average Bonchev–Trinajstić information content (AvgIpc) is 2.88. The van der Waals surface area contributed by atoms with Crippen molar-refractivity contribution < 1.29 is 14.0 Å². The van der Waals surface area contributed by atoms with Crippen LogP contribution >= 0.6 is 23.4 Å². The number of carbonyl (C=O) groups excluding carboxylic acids is 2. The molecular formula is C29H32ClFN2O2S. The van der Waals surface area contributed by atoms with E-state index in [9.17, 15) is 14.0 Å². The number of rotatable bonds is 12. The summed E-state index contributed by atoms with van der Waals surface area (Å²) >= 11 is 7.46. The molecule has 0 radical (unpaired) electrons. The first-order chi connectivity index (χ1) is 17.4. The first kappa shape index (κ1) is 27.8. The van der Waals surface area contributed by atoms with Crippen LogP contribution in [0.2, 0.25) is 5.02 Å². The van der Waals surface area contributed by atoms with Crippen molar-refractivity contribution in [1.29, 1.82) is 0 Å². The lowest BCUT2D eigenvalue weighted by Gasteiger charge is -2.32. The summed E-state index contributed by atoms with van der Waals surface area (Å²) < 4.78 is 13.5. The lowest BCUT2D eigenvalue weighted by atomic mass is 10.0. The molecule has 4 nitrogen and oxygen atoms in total. The monoisotopic (exact) mass is 526 g/mol. The summed E-state index contributed by atoms with van der Waals surface area (Å²) in [6, 6.07) is 22.6. The summed E-state index contributed by atoms with van der Waals surface area (Å²) in [6.07, 6.45) is 1.17. The first-order valence-electron chi connectivity index (χ1n) is 12.1. The van der Waals surface area contributed by atoms with Crippen LogP contribution in [0.4, 0.5) is 4.39 Å². The third-order valence-electron chi connectivity index (χ3n) is 5.95. The maximum absolute atomic E-state index is 13.6. The molecule has 2 unspecified atom stereocenters. The Labute approximate surface area is 222 Å². The lowest BCUT2D eigenvalue weighted by Crippen LogP contribution is -2.52. The predicted molar refractivity (Wildman–Crippen MR) is 146 cm³/mol. The highest BCUT2D eigenvalue weighted by molar-refractivity contribution is 7.99. The third-order valence-corrected chi connectivity index (χ3v) is 7.19. The molecule has 3 aromatic rings. The van der Waals surface area contributed by atoms with E-state index in [-0.39, 0.29) is 36.0 Å². The molecule has 36 heavy (non-hydrogen) atoms. The summed E-state index contributed by atoms with van der Waals surface area (Å²) in [5.74, 6) is 0.192. The van der Waals surface area contributed by atoms with Gasteiger partial charge in [0.25, 0.3) is 0 Å². The largest absolute Gasteiger partial charge is 0.352 e. The first-order valence-corrected chi connectivity index (χ1v) is 13.6. The van der Waals surface area contributed by atoms with E-state index >= 15 is 0 Å². The zero-order valence-electron chi connectivity index (χ0n) is 20.6. The van der Waals surface area contributed by atoms with E-state index in [4.69, 9.17) is 11.6 Å². The Kier molecular flexibility index (Phi) is 10.8. The molecule has 0 aliphatic rings. The van der Waals surface area contributed by atoms with Gasteiger partial charge < -0.3 is 10.2 Å². The van der Waals surface area contributed by atoms with Gasteiger partial charge >= 0.3 is 0 Å². The van der Waals surface area contributed by atoms with Crippen molar-refractivity contribution in [3.8, 4) is 0 Å². The number of hydrogen-bond acceptors (Lipinski definition) is 3. The predicted octanol–water partition coefficient (Wildman–Crippen LogP) is 6.27. The molecule has 190 valence electrons. The molecule has 1 N–H and O–H groups in total. The second-order valence-electron chi connectivity index (χ2n) is 8.79. The maximum Gasteiger partial charge on any atom is 0.243 e. The van der Waals surface area contributed by atoms with E-state index in [1.807, 2.05) is 68.4 Å². The number of nitrogens with one attached hydrogen (secondary N) is 1. The van der Waals surface area contributed by atoms with Crippen LogP contribution < -0.4 is 5.32 Å². The summed E-state index contributed by atoms with van der Waals surface area (Å²) in [6.45, 7) is 4.17. The molecule has 0 bridgehead atoms. The molecule has 7 heteroatoms. The highest BCUT2D eigenvalue weighted by atomic mass is 35.5. The number of carbonyl (C=O) groups is 2. The fourth-order valence-corrected chi connectivity index (χ4v) is 4.70. The van der Waals surface area contributed by atoms with Crippen molar-refractivity contribution in [3.05, 3.63) is 106 Å². The fraction of sp³-hybridized carbons (Fsp3) is 0.310. The molecule has 0 aromatic heterocycles. The summed E-state index contributed by atoms with van der Waals surface area (Å²) in [5.41, 5.74) is 2.80. The molecule has 0 aliphatic heterocycles. The van der Waals surface area contributed by atoms with Gasteiger partial charge in [-0.05, 0) is 54.3 Å². The molecule has 2 amide bonds. The molecule has 0 heterocycles. The van der Waals surface area contributed by atoms with Crippen LogP contribution in [0.5, 0.6) is 0 Å². The Morgan fingerprint density at radius 3 is 2.22 bits per heavy atom. The minimum atomic E-state index is -0.699. The van der Waals surface area contributed by atoms with Crippen LogP contribution in [0.25, 0.3) is 0 Å². The van der Waals surface area contributed by atoms with Crippen molar-refractivity contribution >= 4 is 35.2 Å². The van der Waals surface area contributed by atoms with Gasteiger partial charge in [-0.25, -0.2) is 4.39 Å². The Balaban J connectivity index is 1.84. The van der Waals surface area contributed by atoms with Crippen molar-refractivity contribution in [3.63, 3.8) is 0 Å². The fourth-order valence-electron chi connectivity index (χ4n) is 3.70. The van der Waals surface area contributed by atoms with Gasteiger partial charge in [-0.15, -0.1) is 11.8 Å². The lowest BCUT2D eigenvalue weighted by molar-refractivity contribution is -0.139. The number of halogens is 2. The molecule has 0 saturated carbocycles. The van der Waals surface area contributed by atoms with E-state index in [2.05, 4.69) is 5.32 Å². The van der Waals surface area contributed by atoms with Crippen LogP contribution in [0.1, 0.15) is 37.0 Å². The molecule has 3 aromatic carbocycles. The number of thioether (sulfide) groups is 1. The van der Waals surface area contributed by atoms with Crippen LogP contribution in [0.3, 0.4) is 0 Å². The van der Waals surface area contributed by atoms with Crippen LogP contribution in [0, 0.1) is 5.82 Å². The Hall–Kier alpha value is -2.83. The van der Waals surface area contributed by atoms with Crippen molar-refractivity contribution in [2.45, 2.75) is 51.1 Å². The van der Waals surface area contributed by atoms with Gasteiger partial charge in [0.15, 0.2) is 0 Å². The Morgan fingerprint density at radius 1 is 0.944 bits per heavy atom. The standard InChI is InChI=1S/C29H32ClFN2O2S/c1-3-21(2)32-29(35)27(17-22-7-5-4-6-8-22)33(18-23-11-15-26(31)16-12-23)28(34)20-36-19-24-9-13-25(30)14-10-24/h4-16,21,27H,3,17-20H2,1-2H3,(H,32,35). The smallest absolute Gasteiger partial charge is 0.243 e. The van der Waals surface area contributed by atoms with E-state index in [1.54, 1.807) is 17.0 Å². The van der Waals surface area contributed by atoms with Crippen molar-refractivity contribution in [1.82, 2.24) is 10.2 Å². The normalized spacial score (nSPS) is 12.6. The summed E-state index contributed by atoms with van der Waals surface area (Å²) in [7, 11) is 0. The SMILES string of the molecule is CCC(C)NC(=O)C(Cc1ccccc1)N(Cc1ccc(F)cc1)C(=O)CSCc1ccc(Cl)cc1. The number of hydrogen-bond donors (Lipinski definition) is 1. The maximum atomic E-state index is 13.6. The molecule has 0 aliphatic carbocycles. The summed E-state index contributed by atoms with van der Waals surface area (Å²) in [5, 5.41) is 3.72. The van der Waals surface area contributed by atoms with Crippen LogP contribution in [0.15, 0.2) is 78.9 Å². The molecular weight excluding hydrogens is 495 g/mol. The topological polar surface area (TPSA) is 49.4 Å². The van der Waals surface area contributed by atoms with Crippen LogP contribution in [-0.4, -0.2) is 34.6 Å².